The zero-order chi connectivity index (χ0) is 23.7. The van der Waals surface area contributed by atoms with Crippen LogP contribution in [0.1, 0.15) is 55.5 Å². The first-order valence-corrected chi connectivity index (χ1v) is 11.3. The van der Waals surface area contributed by atoms with Crippen LogP contribution in [0.25, 0.3) is 11.7 Å². The highest BCUT2D eigenvalue weighted by atomic mass is 16.3. The third-order valence-electron chi connectivity index (χ3n) is 5.99. The molecule has 2 aliphatic rings. The first-order valence-electron chi connectivity index (χ1n) is 11.3. The molecule has 2 aromatic heterocycles. The standard InChI is InChI=1S/C23H28N6O4/c1-14(2)13-28-21-16(3-6-18(30)27-9-7-15(11-24)8-10-27)12-25-29(21)23(33)19(22(28)32)20(31)26-17-4-5-17/h3,6,12,14-15,17,33H,4-5,7-10,13H2,1-2H3,(H,26,31)/b6-3+. The normalized spacial score (nSPS) is 17.1. The molecule has 0 spiro atoms. The molecule has 2 fully saturated rings. The van der Waals surface area contributed by atoms with Gasteiger partial charge in [0.25, 0.3) is 11.5 Å². The predicted octanol–water partition coefficient (Wildman–Crippen LogP) is 1.53. The van der Waals surface area contributed by atoms with Gasteiger partial charge in [-0.25, -0.2) is 0 Å². The maximum atomic E-state index is 13.3. The number of aromatic nitrogens is 3. The maximum absolute atomic E-state index is 13.3. The molecule has 2 aromatic rings. The molecule has 4 rings (SSSR count). The fraction of sp³-hybridized carbons (Fsp3) is 0.522. The smallest absolute Gasteiger partial charge is 0.270 e. The first-order chi connectivity index (χ1) is 15.8. The molecule has 0 atom stereocenters. The van der Waals surface area contributed by atoms with Crippen LogP contribution >= 0.6 is 0 Å². The summed E-state index contributed by atoms with van der Waals surface area (Å²) in [7, 11) is 0. The number of carbonyl (C=O) groups excluding carboxylic acids is 2. The number of rotatable bonds is 6. The highest BCUT2D eigenvalue weighted by Gasteiger charge is 2.30. The van der Waals surface area contributed by atoms with Gasteiger partial charge in [0.15, 0.2) is 5.56 Å². The van der Waals surface area contributed by atoms with Gasteiger partial charge in [-0.15, -0.1) is 0 Å². The van der Waals surface area contributed by atoms with Crippen molar-refractivity contribution in [3.05, 3.63) is 33.8 Å². The molecule has 3 heterocycles. The summed E-state index contributed by atoms with van der Waals surface area (Å²) in [5, 5.41) is 26.7. The summed E-state index contributed by atoms with van der Waals surface area (Å²) in [4.78, 5) is 40.2. The molecule has 0 bridgehead atoms. The second kappa shape index (κ2) is 9.10. The van der Waals surface area contributed by atoms with Crippen molar-refractivity contribution in [2.24, 2.45) is 11.8 Å². The van der Waals surface area contributed by atoms with E-state index in [0.29, 0.717) is 43.7 Å². The van der Waals surface area contributed by atoms with E-state index in [0.717, 1.165) is 12.8 Å². The Morgan fingerprint density at radius 3 is 2.61 bits per heavy atom. The fourth-order valence-electron chi connectivity index (χ4n) is 4.04. The van der Waals surface area contributed by atoms with Crippen molar-refractivity contribution >= 4 is 23.5 Å². The minimum Gasteiger partial charge on any atom is -0.492 e. The topological polar surface area (TPSA) is 133 Å². The molecule has 33 heavy (non-hydrogen) atoms. The summed E-state index contributed by atoms with van der Waals surface area (Å²) in [6.45, 7) is 5.25. The minimum atomic E-state index is -0.608. The van der Waals surface area contributed by atoms with Gasteiger partial charge in [-0.3, -0.25) is 19.0 Å². The average molecular weight is 453 g/mol. The summed E-state index contributed by atoms with van der Waals surface area (Å²) in [6.07, 6.45) is 7.46. The maximum Gasteiger partial charge on any atom is 0.270 e. The lowest BCUT2D eigenvalue weighted by atomic mass is 9.98. The summed E-state index contributed by atoms with van der Waals surface area (Å²) < 4.78 is 2.61. The molecule has 0 aromatic carbocycles. The number of nitrogens with one attached hydrogen (secondary N) is 1. The van der Waals surface area contributed by atoms with Crippen LogP contribution in [-0.2, 0) is 11.3 Å². The summed E-state index contributed by atoms with van der Waals surface area (Å²) in [5.41, 5.74) is -0.115. The molecular weight excluding hydrogens is 424 g/mol. The van der Waals surface area contributed by atoms with Crippen LogP contribution in [0, 0.1) is 23.2 Å². The fourth-order valence-corrected chi connectivity index (χ4v) is 4.04. The first kappa shape index (κ1) is 22.6. The quantitative estimate of drug-likeness (QED) is 0.639. The number of carbonyl (C=O) groups is 2. The van der Waals surface area contributed by atoms with E-state index in [4.69, 9.17) is 5.26 Å². The number of amides is 2. The van der Waals surface area contributed by atoms with E-state index in [1.807, 2.05) is 13.8 Å². The van der Waals surface area contributed by atoms with Gasteiger partial charge in [0.05, 0.1) is 12.3 Å². The largest absolute Gasteiger partial charge is 0.492 e. The van der Waals surface area contributed by atoms with Crippen molar-refractivity contribution in [3.8, 4) is 11.9 Å². The van der Waals surface area contributed by atoms with Gasteiger partial charge in [-0.2, -0.15) is 14.9 Å². The number of aromatic hydroxyl groups is 1. The van der Waals surface area contributed by atoms with E-state index in [2.05, 4.69) is 16.5 Å². The van der Waals surface area contributed by atoms with Crippen molar-refractivity contribution in [1.82, 2.24) is 24.4 Å². The van der Waals surface area contributed by atoms with Crippen LogP contribution in [-0.4, -0.2) is 55.1 Å². The number of piperidine rings is 1. The van der Waals surface area contributed by atoms with Gasteiger partial charge in [0.2, 0.25) is 11.8 Å². The lowest BCUT2D eigenvalue weighted by Gasteiger charge is -2.28. The third kappa shape index (κ3) is 4.62. The predicted molar refractivity (Wildman–Crippen MR) is 120 cm³/mol. The number of hydrogen-bond donors (Lipinski definition) is 2. The minimum absolute atomic E-state index is 0.0163. The summed E-state index contributed by atoms with van der Waals surface area (Å²) >= 11 is 0. The van der Waals surface area contributed by atoms with Crippen molar-refractivity contribution in [3.63, 3.8) is 0 Å². The zero-order valence-electron chi connectivity index (χ0n) is 18.8. The lowest BCUT2D eigenvalue weighted by Crippen LogP contribution is -2.37. The lowest BCUT2D eigenvalue weighted by molar-refractivity contribution is -0.127. The Morgan fingerprint density at radius 2 is 2.00 bits per heavy atom. The van der Waals surface area contributed by atoms with E-state index in [1.54, 1.807) is 11.0 Å². The molecule has 1 aliphatic heterocycles. The van der Waals surface area contributed by atoms with Crippen molar-refractivity contribution in [2.45, 2.75) is 52.1 Å². The second-order valence-electron chi connectivity index (χ2n) is 9.15. The van der Waals surface area contributed by atoms with Crippen molar-refractivity contribution in [2.75, 3.05) is 13.1 Å². The summed E-state index contributed by atoms with van der Waals surface area (Å²) in [5.74, 6) is -1.24. The van der Waals surface area contributed by atoms with Crippen molar-refractivity contribution in [1.29, 1.82) is 5.26 Å². The van der Waals surface area contributed by atoms with Crippen LogP contribution in [0.3, 0.4) is 0 Å². The van der Waals surface area contributed by atoms with Crippen LogP contribution in [0.5, 0.6) is 5.88 Å². The molecule has 1 saturated carbocycles. The summed E-state index contributed by atoms with van der Waals surface area (Å²) in [6, 6.07) is 2.28. The molecule has 2 amide bonds. The Labute approximate surface area is 191 Å². The van der Waals surface area contributed by atoms with E-state index >= 15 is 0 Å². The van der Waals surface area contributed by atoms with E-state index in [1.165, 1.54) is 21.4 Å². The number of hydrogen-bond acceptors (Lipinski definition) is 6. The van der Waals surface area contributed by atoms with Gasteiger partial charge in [0, 0.05) is 43.2 Å². The number of fused-ring (bicyclic) bond motifs is 1. The average Bonchev–Trinajstić information content (AvgIpc) is 3.50. The highest BCUT2D eigenvalue weighted by Crippen LogP contribution is 2.24. The highest BCUT2D eigenvalue weighted by molar-refractivity contribution is 5.97. The molecule has 174 valence electrons. The van der Waals surface area contributed by atoms with Gasteiger partial charge >= 0.3 is 0 Å². The Balaban J connectivity index is 1.69. The molecule has 1 saturated heterocycles. The second-order valence-corrected chi connectivity index (χ2v) is 9.15. The Hall–Kier alpha value is -3.61. The van der Waals surface area contributed by atoms with Crippen LogP contribution < -0.4 is 10.9 Å². The van der Waals surface area contributed by atoms with Gasteiger partial charge in [-0.1, -0.05) is 13.8 Å². The third-order valence-corrected chi connectivity index (χ3v) is 5.99. The SMILES string of the molecule is CC(C)Cn1c(=O)c(C(=O)NC2CC2)c(O)n2ncc(/C=C/C(=O)N3CCC(C#N)CC3)c12. The Morgan fingerprint density at radius 1 is 1.30 bits per heavy atom. The van der Waals surface area contributed by atoms with Crippen LogP contribution in [0.2, 0.25) is 0 Å². The van der Waals surface area contributed by atoms with E-state index < -0.39 is 17.3 Å². The van der Waals surface area contributed by atoms with E-state index in [9.17, 15) is 19.5 Å². The molecule has 2 N–H and O–H groups in total. The Kier molecular flexibility index (Phi) is 6.22. The van der Waals surface area contributed by atoms with Crippen LogP contribution in [0.4, 0.5) is 0 Å². The zero-order valence-corrected chi connectivity index (χ0v) is 18.8. The molecule has 0 radical (unpaired) electrons. The van der Waals surface area contributed by atoms with E-state index in [-0.39, 0.29) is 29.3 Å². The van der Waals surface area contributed by atoms with Gasteiger partial charge < -0.3 is 15.3 Å². The number of nitriles is 1. The van der Waals surface area contributed by atoms with Gasteiger partial charge in [-0.05, 0) is 37.7 Å². The number of likely N-dealkylation sites (tertiary alicyclic amines) is 1. The molecule has 1 aliphatic carbocycles. The monoisotopic (exact) mass is 452 g/mol. The molecular formula is C23H28N6O4. The van der Waals surface area contributed by atoms with Crippen LogP contribution in [0.15, 0.2) is 17.1 Å². The molecule has 10 nitrogen and oxygen atoms in total. The van der Waals surface area contributed by atoms with Gasteiger partial charge in [0.1, 0.15) is 5.65 Å². The Bertz CT molecular complexity index is 1210. The molecule has 10 heteroatoms. The number of nitrogens with zero attached hydrogens (tertiary/aromatic N) is 5. The van der Waals surface area contributed by atoms with Crippen molar-refractivity contribution < 1.29 is 14.7 Å². The molecule has 0 unspecified atom stereocenters.